The van der Waals surface area contributed by atoms with Crippen LogP contribution in [-0.2, 0) is 0 Å². The van der Waals surface area contributed by atoms with Gasteiger partial charge in [0.25, 0.3) is 0 Å². The molecule has 3 heterocycles. The highest BCUT2D eigenvalue weighted by atomic mass is 16.3. The Morgan fingerprint density at radius 1 is 0.906 bits per heavy atom. The van der Waals surface area contributed by atoms with Crippen LogP contribution in [0.5, 0.6) is 0 Å². The maximum Gasteiger partial charge on any atom is 0.323 e. The van der Waals surface area contributed by atoms with Crippen molar-refractivity contribution in [3.05, 3.63) is 101 Å². The average Bonchev–Trinajstić information content (AvgIpc) is 3.53. The molecule has 0 aliphatic heterocycles. The molecule has 0 aliphatic rings. The molecule has 0 bridgehead atoms. The van der Waals surface area contributed by atoms with Gasteiger partial charge in [-0.2, -0.15) is 5.10 Å². The summed E-state index contributed by atoms with van der Waals surface area (Å²) < 4.78 is 7.89. The third-order valence-electron chi connectivity index (χ3n) is 5.27. The number of fused-ring (bicyclic) bond motifs is 2. The molecular formula is C25H17N5O2. The molecule has 0 unspecified atom stereocenters. The number of aromatic amines is 2. The molecule has 2 N–H and O–H groups in total. The van der Waals surface area contributed by atoms with E-state index < -0.39 is 0 Å². The molecule has 7 heteroatoms. The van der Waals surface area contributed by atoms with E-state index in [1.54, 1.807) is 6.21 Å². The first-order valence-corrected chi connectivity index (χ1v) is 10.1. The van der Waals surface area contributed by atoms with E-state index in [-0.39, 0.29) is 5.69 Å². The van der Waals surface area contributed by atoms with E-state index in [0.29, 0.717) is 17.0 Å². The maximum atomic E-state index is 11.5. The van der Waals surface area contributed by atoms with Gasteiger partial charge < -0.3 is 14.4 Å². The number of rotatable bonds is 4. The first-order chi connectivity index (χ1) is 15.7. The minimum atomic E-state index is -0.238. The van der Waals surface area contributed by atoms with Crippen molar-refractivity contribution in [2.45, 2.75) is 0 Å². The van der Waals surface area contributed by atoms with E-state index in [4.69, 9.17) is 9.52 Å². The van der Waals surface area contributed by atoms with Crippen molar-refractivity contribution >= 4 is 33.9 Å². The van der Waals surface area contributed by atoms with Gasteiger partial charge in [0.15, 0.2) is 5.76 Å². The molecule has 0 atom stereocenters. The van der Waals surface area contributed by atoms with Gasteiger partial charge in [0.1, 0.15) is 11.3 Å². The lowest BCUT2D eigenvalue weighted by atomic mass is 10.2. The second-order valence-corrected chi connectivity index (χ2v) is 7.43. The zero-order valence-electron chi connectivity index (χ0n) is 16.8. The van der Waals surface area contributed by atoms with Crippen LogP contribution in [0.4, 0.5) is 5.69 Å². The van der Waals surface area contributed by atoms with Gasteiger partial charge in [-0.05, 0) is 42.5 Å². The Kier molecular flexibility index (Phi) is 4.11. The monoisotopic (exact) mass is 419 g/mol. The quantitative estimate of drug-likeness (QED) is 0.385. The summed E-state index contributed by atoms with van der Waals surface area (Å²) in [6, 6.07) is 25.3. The molecule has 6 rings (SSSR count). The molecule has 0 amide bonds. The van der Waals surface area contributed by atoms with Crippen LogP contribution in [0.3, 0.4) is 0 Å². The molecule has 0 radical (unpaired) electrons. The number of furan rings is 1. The van der Waals surface area contributed by atoms with Crippen LogP contribution >= 0.6 is 0 Å². The normalized spacial score (nSPS) is 11.8. The smallest absolute Gasteiger partial charge is 0.323 e. The summed E-state index contributed by atoms with van der Waals surface area (Å²) in [5.41, 5.74) is 5.20. The van der Waals surface area contributed by atoms with E-state index in [0.717, 1.165) is 33.4 Å². The van der Waals surface area contributed by atoms with Gasteiger partial charge in [-0.25, -0.2) is 9.48 Å². The second-order valence-electron chi connectivity index (χ2n) is 7.43. The lowest BCUT2D eigenvalue weighted by molar-refractivity contribution is 0.627. The predicted octanol–water partition coefficient (Wildman–Crippen LogP) is 5.21. The molecule has 3 aromatic carbocycles. The second kappa shape index (κ2) is 7.24. The molecule has 0 saturated carbocycles. The number of nitrogens with one attached hydrogen (secondary N) is 2. The predicted molar refractivity (Wildman–Crippen MR) is 125 cm³/mol. The van der Waals surface area contributed by atoms with Crippen molar-refractivity contribution in [3.63, 3.8) is 0 Å². The molecule has 7 nitrogen and oxygen atoms in total. The SMILES string of the molecule is O=c1[nH]c2ccc(N=Cc3cn(-c4ccccc4)nc3-c3cc4ccccc4o3)cc2[nH]1. The third-order valence-corrected chi connectivity index (χ3v) is 5.27. The van der Waals surface area contributed by atoms with Crippen molar-refractivity contribution in [2.75, 3.05) is 0 Å². The van der Waals surface area contributed by atoms with Crippen molar-refractivity contribution in [1.29, 1.82) is 0 Å². The first-order valence-electron chi connectivity index (χ1n) is 10.1. The molecule has 6 aromatic rings. The topological polar surface area (TPSA) is 92.0 Å². The van der Waals surface area contributed by atoms with Gasteiger partial charge in [0, 0.05) is 23.4 Å². The number of H-pyrrole nitrogens is 2. The maximum absolute atomic E-state index is 11.5. The fourth-order valence-electron chi connectivity index (χ4n) is 3.73. The van der Waals surface area contributed by atoms with E-state index in [2.05, 4.69) is 15.0 Å². The largest absolute Gasteiger partial charge is 0.454 e. The standard InChI is InChI=1S/C25H17N5O2/c31-25-27-20-11-10-18(13-21(20)28-25)26-14-17-15-30(19-7-2-1-3-8-19)29-24(17)23-12-16-6-4-5-9-22(16)32-23/h1-15H,(H2,27,28,31). The Balaban J connectivity index is 1.46. The summed E-state index contributed by atoms with van der Waals surface area (Å²) in [5.74, 6) is 0.674. The lowest BCUT2D eigenvalue weighted by Gasteiger charge is -1.98. The van der Waals surface area contributed by atoms with Crippen molar-refractivity contribution in [1.82, 2.24) is 19.7 Å². The van der Waals surface area contributed by atoms with Crippen LogP contribution in [0.15, 0.2) is 99.3 Å². The zero-order valence-corrected chi connectivity index (χ0v) is 16.8. The van der Waals surface area contributed by atoms with Crippen LogP contribution in [0.25, 0.3) is 39.1 Å². The van der Waals surface area contributed by atoms with Crippen molar-refractivity contribution in [3.8, 4) is 17.1 Å². The fourth-order valence-corrected chi connectivity index (χ4v) is 3.73. The summed E-state index contributed by atoms with van der Waals surface area (Å²) in [4.78, 5) is 21.6. The molecule has 154 valence electrons. The van der Waals surface area contributed by atoms with Gasteiger partial charge in [-0.3, -0.25) is 4.99 Å². The van der Waals surface area contributed by atoms with Crippen molar-refractivity contribution < 1.29 is 4.42 Å². The number of aromatic nitrogens is 4. The summed E-state index contributed by atoms with van der Waals surface area (Å²) in [6.45, 7) is 0. The number of hydrogen-bond donors (Lipinski definition) is 2. The van der Waals surface area contributed by atoms with E-state index in [1.807, 2.05) is 89.7 Å². The number of benzene rings is 3. The van der Waals surface area contributed by atoms with Crippen LogP contribution < -0.4 is 5.69 Å². The molecular weight excluding hydrogens is 402 g/mol. The summed E-state index contributed by atoms with van der Waals surface area (Å²) in [7, 11) is 0. The number of imidazole rings is 1. The lowest BCUT2D eigenvalue weighted by Crippen LogP contribution is -1.99. The van der Waals surface area contributed by atoms with Gasteiger partial charge in [0.2, 0.25) is 0 Å². The van der Waals surface area contributed by atoms with Gasteiger partial charge in [0.05, 0.1) is 22.4 Å². The number of hydrogen-bond acceptors (Lipinski definition) is 4. The Hall–Kier alpha value is -4.65. The molecule has 32 heavy (non-hydrogen) atoms. The first kappa shape index (κ1) is 18.1. The number of nitrogens with zero attached hydrogens (tertiary/aromatic N) is 3. The van der Waals surface area contributed by atoms with Crippen LogP contribution in [0, 0.1) is 0 Å². The Morgan fingerprint density at radius 2 is 1.72 bits per heavy atom. The molecule has 0 spiro atoms. The molecule has 0 aliphatic carbocycles. The van der Waals surface area contributed by atoms with E-state index >= 15 is 0 Å². The third kappa shape index (κ3) is 3.22. The highest BCUT2D eigenvalue weighted by Gasteiger charge is 2.15. The summed E-state index contributed by atoms with van der Waals surface area (Å²) >= 11 is 0. The highest BCUT2D eigenvalue weighted by molar-refractivity contribution is 5.92. The minimum absolute atomic E-state index is 0.238. The Bertz CT molecular complexity index is 1620. The van der Waals surface area contributed by atoms with E-state index in [9.17, 15) is 4.79 Å². The van der Waals surface area contributed by atoms with Gasteiger partial charge >= 0.3 is 5.69 Å². The average molecular weight is 419 g/mol. The number of aliphatic imine (C=N–C) groups is 1. The molecule has 3 aromatic heterocycles. The Morgan fingerprint density at radius 3 is 2.59 bits per heavy atom. The van der Waals surface area contributed by atoms with Gasteiger partial charge in [-0.1, -0.05) is 36.4 Å². The molecule has 0 saturated heterocycles. The summed E-state index contributed by atoms with van der Waals surface area (Å²) in [6.07, 6.45) is 3.69. The van der Waals surface area contributed by atoms with E-state index in [1.165, 1.54) is 0 Å². The van der Waals surface area contributed by atoms with Crippen molar-refractivity contribution in [2.24, 2.45) is 4.99 Å². The Labute approximate surface area is 181 Å². The highest BCUT2D eigenvalue weighted by Crippen LogP contribution is 2.29. The van der Waals surface area contributed by atoms with Crippen LogP contribution in [-0.4, -0.2) is 26.0 Å². The zero-order chi connectivity index (χ0) is 21.5. The number of para-hydroxylation sites is 2. The van der Waals surface area contributed by atoms with Crippen LogP contribution in [0.2, 0.25) is 0 Å². The molecule has 0 fully saturated rings. The van der Waals surface area contributed by atoms with Crippen LogP contribution in [0.1, 0.15) is 5.56 Å². The fraction of sp³-hybridized carbons (Fsp3) is 0. The summed E-state index contributed by atoms with van der Waals surface area (Å²) in [5, 5.41) is 5.81. The van der Waals surface area contributed by atoms with Gasteiger partial charge in [-0.15, -0.1) is 0 Å². The minimum Gasteiger partial charge on any atom is -0.454 e.